The van der Waals surface area contributed by atoms with Crippen LogP contribution in [0.25, 0.3) is 0 Å². The first-order chi connectivity index (χ1) is 5.50. The van der Waals surface area contributed by atoms with Crippen LogP contribution in [0.4, 0.5) is 0 Å². The highest BCUT2D eigenvalue weighted by molar-refractivity contribution is 5.88. The molecule has 0 bridgehead atoms. The minimum absolute atomic E-state index is 0.0162. The number of Topliss-reactive ketones (excluding diaryl/α,β-unsaturated/α-hetero) is 1. The molecule has 0 aliphatic carbocycles. The molecule has 0 saturated heterocycles. The molecule has 1 heterocycles. The van der Waals surface area contributed by atoms with Gasteiger partial charge in [0.1, 0.15) is 5.76 Å². The van der Waals surface area contributed by atoms with Gasteiger partial charge in [-0.3, -0.25) is 4.79 Å². The normalized spacial score (nSPS) is 11.6. The Balaban J connectivity index is 2.60. The maximum Gasteiger partial charge on any atom is 0.159 e. The second-order valence-corrected chi connectivity index (χ2v) is 3.40. The molecule has 1 aromatic heterocycles. The molecule has 0 spiro atoms. The Labute approximate surface area is 71.6 Å². The third-order valence-corrected chi connectivity index (χ3v) is 1.63. The smallest absolute Gasteiger partial charge is 0.159 e. The summed E-state index contributed by atoms with van der Waals surface area (Å²) in [6.07, 6.45) is 1.82. The van der Waals surface area contributed by atoms with Crippen molar-refractivity contribution in [3.8, 4) is 0 Å². The third-order valence-electron chi connectivity index (χ3n) is 1.63. The number of carbonyl (C=O) groups excluding carboxylic acids is 1. The van der Waals surface area contributed by atoms with Gasteiger partial charge in [-0.1, -0.05) is 0 Å². The monoisotopic (exact) mass is 167 g/mol. The fraction of sp³-hybridized carbons (Fsp3) is 0.444. The van der Waals surface area contributed by atoms with Crippen molar-refractivity contribution in [2.24, 2.45) is 5.73 Å². The predicted molar refractivity (Wildman–Crippen MR) is 45.7 cm³/mol. The summed E-state index contributed by atoms with van der Waals surface area (Å²) in [5, 5.41) is 0. The molecule has 2 N–H and O–H groups in total. The van der Waals surface area contributed by atoms with Gasteiger partial charge in [0.2, 0.25) is 0 Å². The average Bonchev–Trinajstić information content (AvgIpc) is 2.37. The lowest BCUT2D eigenvalue weighted by Crippen LogP contribution is -2.42. The zero-order chi connectivity index (χ0) is 9.19. The van der Waals surface area contributed by atoms with Crippen LogP contribution in [0.2, 0.25) is 0 Å². The summed E-state index contributed by atoms with van der Waals surface area (Å²) in [4.78, 5) is 11.3. The molecule has 0 aliphatic heterocycles. The largest absolute Gasteiger partial charge is 0.469 e. The van der Waals surface area contributed by atoms with Crippen molar-refractivity contribution in [2.45, 2.75) is 25.8 Å². The summed E-state index contributed by atoms with van der Waals surface area (Å²) in [5.41, 5.74) is 4.83. The molecule has 0 fully saturated rings. The number of nitrogens with two attached hydrogens (primary N) is 1. The molecule has 0 amide bonds. The van der Waals surface area contributed by atoms with Crippen LogP contribution in [-0.2, 0) is 11.2 Å². The fourth-order valence-electron chi connectivity index (χ4n) is 0.799. The average molecular weight is 167 g/mol. The van der Waals surface area contributed by atoms with E-state index in [-0.39, 0.29) is 12.2 Å². The van der Waals surface area contributed by atoms with E-state index in [2.05, 4.69) is 0 Å². The number of carbonyl (C=O) groups is 1. The predicted octanol–water partition coefficient (Wildman–Crippen LogP) is 1.13. The van der Waals surface area contributed by atoms with Crippen LogP contribution in [0.3, 0.4) is 0 Å². The zero-order valence-corrected chi connectivity index (χ0v) is 7.33. The number of hydrogen-bond donors (Lipinski definition) is 1. The number of ketones is 1. The first kappa shape index (κ1) is 9.00. The number of furan rings is 1. The summed E-state index contributed by atoms with van der Waals surface area (Å²) in [6, 6.07) is 3.52. The van der Waals surface area contributed by atoms with Gasteiger partial charge < -0.3 is 10.2 Å². The summed E-state index contributed by atoms with van der Waals surface area (Å²) in [6.45, 7) is 3.39. The molecule has 0 aromatic carbocycles. The maximum atomic E-state index is 11.3. The molecule has 66 valence electrons. The van der Waals surface area contributed by atoms with Gasteiger partial charge in [-0.2, -0.15) is 0 Å². The minimum Gasteiger partial charge on any atom is -0.469 e. The highest BCUT2D eigenvalue weighted by atomic mass is 16.3. The standard InChI is InChI=1S/C9H13NO2/c1-9(2,10)8(11)6-7-4-3-5-12-7/h3-5H,6,10H2,1-2H3. The Kier molecular flexibility index (Phi) is 2.33. The van der Waals surface area contributed by atoms with Gasteiger partial charge in [-0.05, 0) is 26.0 Å². The molecule has 1 rings (SSSR count). The number of rotatable bonds is 3. The van der Waals surface area contributed by atoms with Crippen LogP contribution >= 0.6 is 0 Å². The van der Waals surface area contributed by atoms with Crippen molar-refractivity contribution >= 4 is 5.78 Å². The topological polar surface area (TPSA) is 56.2 Å². The lowest BCUT2D eigenvalue weighted by molar-refractivity contribution is -0.122. The van der Waals surface area contributed by atoms with Gasteiger partial charge in [-0.25, -0.2) is 0 Å². The zero-order valence-electron chi connectivity index (χ0n) is 7.33. The van der Waals surface area contributed by atoms with E-state index in [0.717, 1.165) is 0 Å². The van der Waals surface area contributed by atoms with Crippen LogP contribution in [-0.4, -0.2) is 11.3 Å². The molecule has 0 atom stereocenters. The van der Waals surface area contributed by atoms with Crippen molar-refractivity contribution in [2.75, 3.05) is 0 Å². The van der Waals surface area contributed by atoms with Crippen LogP contribution in [0.5, 0.6) is 0 Å². The minimum atomic E-state index is -0.771. The van der Waals surface area contributed by atoms with Gasteiger partial charge in [0.05, 0.1) is 18.2 Å². The molecule has 12 heavy (non-hydrogen) atoms. The van der Waals surface area contributed by atoms with Crippen molar-refractivity contribution < 1.29 is 9.21 Å². The Morgan fingerprint density at radius 3 is 2.75 bits per heavy atom. The van der Waals surface area contributed by atoms with Crippen molar-refractivity contribution in [3.05, 3.63) is 24.2 Å². The quantitative estimate of drug-likeness (QED) is 0.734. The van der Waals surface area contributed by atoms with Crippen molar-refractivity contribution in [3.63, 3.8) is 0 Å². The van der Waals surface area contributed by atoms with E-state index >= 15 is 0 Å². The van der Waals surface area contributed by atoms with E-state index in [1.165, 1.54) is 0 Å². The van der Waals surface area contributed by atoms with Gasteiger partial charge >= 0.3 is 0 Å². The first-order valence-corrected chi connectivity index (χ1v) is 3.85. The Morgan fingerprint density at radius 2 is 2.33 bits per heavy atom. The van der Waals surface area contributed by atoms with Crippen LogP contribution in [0.15, 0.2) is 22.8 Å². The Bertz CT molecular complexity index is 257. The lowest BCUT2D eigenvalue weighted by atomic mass is 9.97. The Hall–Kier alpha value is -1.09. The summed E-state index contributed by atoms with van der Waals surface area (Å²) in [7, 11) is 0. The van der Waals surface area contributed by atoms with Crippen LogP contribution < -0.4 is 5.73 Å². The van der Waals surface area contributed by atoms with E-state index in [4.69, 9.17) is 10.2 Å². The summed E-state index contributed by atoms with van der Waals surface area (Å²) < 4.78 is 5.02. The molecule has 3 nitrogen and oxygen atoms in total. The fourth-order valence-corrected chi connectivity index (χ4v) is 0.799. The van der Waals surface area contributed by atoms with Crippen LogP contribution in [0.1, 0.15) is 19.6 Å². The van der Waals surface area contributed by atoms with E-state index in [0.29, 0.717) is 5.76 Å². The summed E-state index contributed by atoms with van der Waals surface area (Å²) >= 11 is 0. The second kappa shape index (κ2) is 3.11. The molecule has 0 radical (unpaired) electrons. The molecule has 1 aromatic rings. The Morgan fingerprint density at radius 1 is 1.67 bits per heavy atom. The highest BCUT2D eigenvalue weighted by Gasteiger charge is 2.22. The van der Waals surface area contributed by atoms with Gasteiger partial charge in [0, 0.05) is 0 Å². The molecular weight excluding hydrogens is 154 g/mol. The van der Waals surface area contributed by atoms with Gasteiger partial charge in [-0.15, -0.1) is 0 Å². The van der Waals surface area contributed by atoms with E-state index < -0.39 is 5.54 Å². The van der Waals surface area contributed by atoms with E-state index in [1.54, 1.807) is 32.2 Å². The molecule has 0 aliphatic rings. The van der Waals surface area contributed by atoms with Crippen LogP contribution in [0, 0.1) is 0 Å². The van der Waals surface area contributed by atoms with Crippen molar-refractivity contribution in [1.29, 1.82) is 0 Å². The van der Waals surface area contributed by atoms with E-state index in [9.17, 15) is 4.79 Å². The molecule has 0 saturated carbocycles. The maximum absolute atomic E-state index is 11.3. The van der Waals surface area contributed by atoms with Gasteiger partial charge in [0.25, 0.3) is 0 Å². The summed E-state index contributed by atoms with van der Waals surface area (Å²) in [5.74, 6) is 0.649. The first-order valence-electron chi connectivity index (χ1n) is 3.85. The van der Waals surface area contributed by atoms with Crippen molar-refractivity contribution in [1.82, 2.24) is 0 Å². The van der Waals surface area contributed by atoms with E-state index in [1.807, 2.05) is 0 Å². The molecular formula is C9H13NO2. The lowest BCUT2D eigenvalue weighted by Gasteiger charge is -2.15. The highest BCUT2D eigenvalue weighted by Crippen LogP contribution is 2.07. The number of hydrogen-bond acceptors (Lipinski definition) is 3. The van der Waals surface area contributed by atoms with Gasteiger partial charge in [0.15, 0.2) is 5.78 Å². The molecule has 3 heteroatoms. The second-order valence-electron chi connectivity index (χ2n) is 3.40. The third kappa shape index (κ3) is 2.20. The molecule has 0 unspecified atom stereocenters. The SMILES string of the molecule is CC(C)(N)C(=O)Cc1ccco1.